The Morgan fingerprint density at radius 3 is 2.70 bits per heavy atom. The summed E-state index contributed by atoms with van der Waals surface area (Å²) in [4.78, 5) is 8.42. The molecule has 0 spiro atoms. The summed E-state index contributed by atoms with van der Waals surface area (Å²) in [6.07, 6.45) is 1.80. The number of amidine groups is 1. The molecule has 1 aliphatic carbocycles. The minimum atomic E-state index is -1.55. The number of nitrogens with zero attached hydrogens (tertiary/aromatic N) is 3. The summed E-state index contributed by atoms with van der Waals surface area (Å²) < 4.78 is 41.9. The van der Waals surface area contributed by atoms with Crippen molar-refractivity contribution < 1.29 is 13.2 Å². The number of aliphatic imine (C=N–C) groups is 1. The monoisotopic (exact) mass is 426 g/mol. The van der Waals surface area contributed by atoms with Gasteiger partial charge in [-0.05, 0) is 49.1 Å². The van der Waals surface area contributed by atoms with E-state index in [1.54, 1.807) is 13.0 Å². The summed E-state index contributed by atoms with van der Waals surface area (Å²) >= 11 is 1.10. The van der Waals surface area contributed by atoms with E-state index < -0.39 is 35.4 Å². The first-order valence-electron chi connectivity index (χ1n) is 9.22. The molecule has 152 valence electrons. The van der Waals surface area contributed by atoms with Gasteiger partial charge in [-0.3, -0.25) is 0 Å². The van der Waals surface area contributed by atoms with Gasteiger partial charge in [0.1, 0.15) is 36.5 Å². The number of rotatable bonds is 3. The van der Waals surface area contributed by atoms with Crippen LogP contribution in [0.1, 0.15) is 34.4 Å². The summed E-state index contributed by atoms with van der Waals surface area (Å²) in [5, 5.41) is 8.99. The Kier molecular flexibility index (Phi) is 4.99. The SMILES string of the molecule is Cc1cc(C#N)cnc1C#Cc1ccc(F)c([C@@]2(CF)N=C(N)S[C@@]3(CF)C[C@H]32)c1. The van der Waals surface area contributed by atoms with Gasteiger partial charge in [-0.2, -0.15) is 5.26 Å². The highest BCUT2D eigenvalue weighted by molar-refractivity contribution is 8.15. The molecule has 0 unspecified atom stereocenters. The number of fused-ring (bicyclic) bond motifs is 1. The molecule has 3 atom stereocenters. The molecule has 1 aliphatic heterocycles. The lowest BCUT2D eigenvalue weighted by molar-refractivity contribution is 0.257. The van der Waals surface area contributed by atoms with Crippen molar-refractivity contribution in [3.05, 3.63) is 64.2 Å². The molecular formula is C22H17F3N4S. The molecule has 2 N–H and O–H groups in total. The van der Waals surface area contributed by atoms with Gasteiger partial charge in [-0.25, -0.2) is 23.1 Å². The fourth-order valence-electron chi connectivity index (χ4n) is 3.96. The molecule has 0 amide bonds. The Labute approximate surface area is 176 Å². The molecule has 1 aromatic heterocycles. The third-order valence-electron chi connectivity index (χ3n) is 5.61. The van der Waals surface area contributed by atoms with Gasteiger partial charge in [0.15, 0.2) is 5.17 Å². The van der Waals surface area contributed by atoms with Crippen LogP contribution < -0.4 is 5.73 Å². The van der Waals surface area contributed by atoms with Crippen molar-refractivity contribution in [3.8, 4) is 17.9 Å². The number of alkyl halides is 2. The van der Waals surface area contributed by atoms with Crippen LogP contribution in [0.2, 0.25) is 0 Å². The summed E-state index contributed by atoms with van der Waals surface area (Å²) in [5.74, 6) is 4.70. The van der Waals surface area contributed by atoms with Gasteiger partial charge in [0.05, 0.1) is 10.3 Å². The third kappa shape index (κ3) is 3.22. The molecule has 2 aliphatic rings. The van der Waals surface area contributed by atoms with Crippen molar-refractivity contribution in [2.75, 3.05) is 13.3 Å². The number of halogens is 3. The lowest BCUT2D eigenvalue weighted by Gasteiger charge is -2.34. The molecule has 4 rings (SSSR count). The molecule has 1 saturated carbocycles. The minimum Gasteiger partial charge on any atom is -0.378 e. The molecule has 30 heavy (non-hydrogen) atoms. The number of benzene rings is 1. The quantitative estimate of drug-likeness (QED) is 0.759. The number of pyridine rings is 1. The van der Waals surface area contributed by atoms with Crippen molar-refractivity contribution in [2.45, 2.75) is 23.6 Å². The lowest BCUT2D eigenvalue weighted by atomic mass is 9.84. The van der Waals surface area contributed by atoms with Crippen LogP contribution >= 0.6 is 11.8 Å². The van der Waals surface area contributed by atoms with Crippen LogP contribution in [-0.2, 0) is 5.54 Å². The molecular weight excluding hydrogens is 409 g/mol. The largest absolute Gasteiger partial charge is 0.378 e. The fraction of sp³-hybridized carbons (Fsp3) is 0.318. The van der Waals surface area contributed by atoms with E-state index in [1.807, 2.05) is 6.07 Å². The highest BCUT2D eigenvalue weighted by Crippen LogP contribution is 2.66. The van der Waals surface area contributed by atoms with Gasteiger partial charge in [0, 0.05) is 23.2 Å². The van der Waals surface area contributed by atoms with Gasteiger partial charge in [-0.15, -0.1) is 0 Å². The zero-order chi connectivity index (χ0) is 21.5. The summed E-state index contributed by atoms with van der Waals surface area (Å²) in [6.45, 7) is 0.128. The average molecular weight is 426 g/mol. The third-order valence-corrected chi connectivity index (χ3v) is 6.88. The van der Waals surface area contributed by atoms with Crippen molar-refractivity contribution in [1.29, 1.82) is 5.26 Å². The van der Waals surface area contributed by atoms with Crippen LogP contribution in [-0.4, -0.2) is 28.2 Å². The van der Waals surface area contributed by atoms with Crippen molar-refractivity contribution in [2.24, 2.45) is 16.6 Å². The second kappa shape index (κ2) is 7.37. The topological polar surface area (TPSA) is 75.1 Å². The van der Waals surface area contributed by atoms with E-state index in [1.165, 1.54) is 24.4 Å². The van der Waals surface area contributed by atoms with Gasteiger partial charge in [0.25, 0.3) is 0 Å². The van der Waals surface area contributed by atoms with E-state index in [0.29, 0.717) is 23.2 Å². The summed E-state index contributed by atoms with van der Waals surface area (Å²) in [5.41, 5.74) is 6.44. The first-order valence-corrected chi connectivity index (χ1v) is 10.0. The number of thioether (sulfide) groups is 1. The minimum absolute atomic E-state index is 0.0323. The molecule has 2 aromatic rings. The summed E-state index contributed by atoms with van der Waals surface area (Å²) in [6, 6.07) is 7.83. The van der Waals surface area contributed by atoms with E-state index in [9.17, 15) is 13.2 Å². The van der Waals surface area contributed by atoms with E-state index in [0.717, 1.165) is 17.3 Å². The number of aryl methyl sites for hydroxylation is 1. The Hall–Kier alpha value is -2.97. The number of nitrogens with two attached hydrogens (primary N) is 1. The van der Waals surface area contributed by atoms with Gasteiger partial charge < -0.3 is 5.73 Å². The highest BCUT2D eigenvalue weighted by atomic mass is 32.2. The maximum Gasteiger partial charge on any atom is 0.155 e. The zero-order valence-electron chi connectivity index (χ0n) is 16.0. The number of hydrogen-bond acceptors (Lipinski definition) is 5. The van der Waals surface area contributed by atoms with Crippen LogP contribution in [0.15, 0.2) is 35.5 Å². The smallest absolute Gasteiger partial charge is 0.155 e. The number of nitriles is 1. The van der Waals surface area contributed by atoms with Crippen LogP contribution in [0.25, 0.3) is 0 Å². The Balaban J connectivity index is 1.75. The maximum absolute atomic E-state index is 14.8. The zero-order valence-corrected chi connectivity index (χ0v) is 16.9. The Morgan fingerprint density at radius 2 is 2.03 bits per heavy atom. The number of hydrogen-bond donors (Lipinski definition) is 1. The number of aromatic nitrogens is 1. The molecule has 1 fully saturated rings. The first-order chi connectivity index (χ1) is 14.4. The fourth-order valence-corrected chi connectivity index (χ4v) is 5.23. The van der Waals surface area contributed by atoms with Gasteiger partial charge in [0.2, 0.25) is 0 Å². The van der Waals surface area contributed by atoms with Crippen molar-refractivity contribution in [1.82, 2.24) is 4.98 Å². The van der Waals surface area contributed by atoms with Crippen LogP contribution in [0, 0.1) is 41.8 Å². The maximum atomic E-state index is 14.8. The molecule has 8 heteroatoms. The average Bonchev–Trinajstić information content (AvgIpc) is 3.48. The summed E-state index contributed by atoms with van der Waals surface area (Å²) in [7, 11) is 0. The second-order valence-electron chi connectivity index (χ2n) is 7.51. The van der Waals surface area contributed by atoms with Crippen molar-refractivity contribution >= 4 is 16.9 Å². The van der Waals surface area contributed by atoms with E-state index in [-0.39, 0.29) is 10.7 Å². The van der Waals surface area contributed by atoms with Crippen LogP contribution in [0.3, 0.4) is 0 Å². The normalized spacial score (nSPS) is 26.6. The molecule has 0 saturated heterocycles. The molecule has 0 bridgehead atoms. The van der Waals surface area contributed by atoms with E-state index in [4.69, 9.17) is 11.0 Å². The first kappa shape index (κ1) is 20.3. The van der Waals surface area contributed by atoms with Crippen molar-refractivity contribution in [3.63, 3.8) is 0 Å². The Morgan fingerprint density at radius 1 is 1.23 bits per heavy atom. The standard InChI is InChI=1S/C22H17F3N4S/c1-13-6-15(9-26)10-28-18(13)5-3-14-2-4-17(25)16(7-14)22(12-24)19-8-21(19,11-23)30-20(27)29-22/h2,4,6-7,10,19H,8,11-12H2,1H3,(H2,27,29)/t19-,21-,22-/m1/s1. The predicted octanol–water partition coefficient (Wildman–Crippen LogP) is 3.76. The second-order valence-corrected chi connectivity index (χ2v) is 8.95. The predicted molar refractivity (Wildman–Crippen MR) is 110 cm³/mol. The Bertz CT molecular complexity index is 1160. The molecule has 1 aromatic carbocycles. The lowest BCUT2D eigenvalue weighted by Crippen LogP contribution is -2.40. The molecule has 2 heterocycles. The highest BCUT2D eigenvalue weighted by Gasteiger charge is 2.68. The molecule has 0 radical (unpaired) electrons. The van der Waals surface area contributed by atoms with E-state index >= 15 is 0 Å². The van der Waals surface area contributed by atoms with Gasteiger partial charge in [-0.1, -0.05) is 17.7 Å². The van der Waals surface area contributed by atoms with Crippen LogP contribution in [0.5, 0.6) is 0 Å². The van der Waals surface area contributed by atoms with Gasteiger partial charge >= 0.3 is 0 Å². The molecule has 4 nitrogen and oxygen atoms in total. The van der Waals surface area contributed by atoms with E-state index in [2.05, 4.69) is 21.8 Å². The van der Waals surface area contributed by atoms with Crippen LogP contribution in [0.4, 0.5) is 13.2 Å².